The number of amides is 2. The molecule has 1 aliphatic carbocycles. The van der Waals surface area contributed by atoms with Crippen molar-refractivity contribution < 1.29 is 9.59 Å². The van der Waals surface area contributed by atoms with E-state index in [2.05, 4.69) is 5.32 Å². The van der Waals surface area contributed by atoms with Gasteiger partial charge in [0.1, 0.15) is 11.6 Å². The molecule has 1 rings (SSSR count). The summed E-state index contributed by atoms with van der Waals surface area (Å²) in [5, 5.41) is 11.9. The van der Waals surface area contributed by atoms with E-state index in [4.69, 9.17) is 11.0 Å². The van der Waals surface area contributed by atoms with E-state index in [0.29, 0.717) is 25.9 Å². The van der Waals surface area contributed by atoms with Crippen LogP contribution in [0.15, 0.2) is 11.8 Å². The van der Waals surface area contributed by atoms with Crippen LogP contribution in [0.3, 0.4) is 0 Å². The molecule has 6 heteroatoms. The SMILES string of the molecule is N#C/C(=C/N(C=O)CCCN)C(=O)NC1CCCCC1. The normalized spacial score (nSPS) is 16.3. The van der Waals surface area contributed by atoms with E-state index in [1.165, 1.54) is 17.5 Å². The van der Waals surface area contributed by atoms with Crippen LogP contribution < -0.4 is 11.1 Å². The molecule has 110 valence electrons. The molecule has 0 radical (unpaired) electrons. The van der Waals surface area contributed by atoms with E-state index in [9.17, 15) is 9.59 Å². The Balaban J connectivity index is 2.60. The lowest BCUT2D eigenvalue weighted by Gasteiger charge is -2.22. The molecule has 0 aromatic carbocycles. The fraction of sp³-hybridized carbons (Fsp3) is 0.643. The first-order chi connectivity index (χ1) is 9.71. The highest BCUT2D eigenvalue weighted by molar-refractivity contribution is 5.97. The van der Waals surface area contributed by atoms with Crippen LogP contribution in [-0.2, 0) is 9.59 Å². The monoisotopic (exact) mass is 278 g/mol. The number of rotatable bonds is 7. The lowest BCUT2D eigenvalue weighted by Crippen LogP contribution is -2.37. The highest BCUT2D eigenvalue weighted by atomic mass is 16.2. The number of hydrogen-bond acceptors (Lipinski definition) is 4. The second-order valence-corrected chi connectivity index (χ2v) is 4.95. The molecule has 0 spiro atoms. The lowest BCUT2D eigenvalue weighted by atomic mass is 9.95. The van der Waals surface area contributed by atoms with Crippen LogP contribution in [0.25, 0.3) is 0 Å². The molecule has 0 heterocycles. The predicted molar refractivity (Wildman–Crippen MR) is 75.2 cm³/mol. The molecule has 2 amide bonds. The Kier molecular flexibility index (Phi) is 7.36. The van der Waals surface area contributed by atoms with Gasteiger partial charge in [0.05, 0.1) is 0 Å². The number of hydrogen-bond donors (Lipinski definition) is 2. The van der Waals surface area contributed by atoms with E-state index >= 15 is 0 Å². The van der Waals surface area contributed by atoms with Gasteiger partial charge in [0.2, 0.25) is 6.41 Å². The van der Waals surface area contributed by atoms with Crippen LogP contribution in [0.1, 0.15) is 38.5 Å². The van der Waals surface area contributed by atoms with Crippen molar-refractivity contribution in [2.75, 3.05) is 13.1 Å². The second kappa shape index (κ2) is 9.10. The van der Waals surface area contributed by atoms with E-state index in [0.717, 1.165) is 25.7 Å². The molecule has 0 atom stereocenters. The summed E-state index contributed by atoms with van der Waals surface area (Å²) in [5.74, 6) is -0.404. The third-order valence-corrected chi connectivity index (χ3v) is 3.36. The summed E-state index contributed by atoms with van der Waals surface area (Å²) in [7, 11) is 0. The van der Waals surface area contributed by atoms with Crippen molar-refractivity contribution in [3.63, 3.8) is 0 Å². The topological polar surface area (TPSA) is 99.2 Å². The van der Waals surface area contributed by atoms with Crippen LogP contribution in [0.4, 0.5) is 0 Å². The molecule has 0 aromatic rings. The minimum atomic E-state index is -0.404. The molecule has 1 aliphatic rings. The average molecular weight is 278 g/mol. The highest BCUT2D eigenvalue weighted by Crippen LogP contribution is 2.17. The summed E-state index contributed by atoms with van der Waals surface area (Å²) in [4.78, 5) is 24.2. The summed E-state index contributed by atoms with van der Waals surface area (Å²) in [6, 6.07) is 1.99. The summed E-state index contributed by atoms with van der Waals surface area (Å²) in [6.45, 7) is 0.857. The first kappa shape index (κ1) is 16.2. The number of nitriles is 1. The zero-order chi connectivity index (χ0) is 14.8. The van der Waals surface area contributed by atoms with Gasteiger partial charge in [0, 0.05) is 18.8 Å². The van der Waals surface area contributed by atoms with Crippen molar-refractivity contribution in [3.8, 4) is 6.07 Å². The highest BCUT2D eigenvalue weighted by Gasteiger charge is 2.18. The third-order valence-electron chi connectivity index (χ3n) is 3.36. The first-order valence-corrected chi connectivity index (χ1v) is 7.05. The van der Waals surface area contributed by atoms with Gasteiger partial charge in [-0.25, -0.2) is 0 Å². The van der Waals surface area contributed by atoms with Gasteiger partial charge < -0.3 is 16.0 Å². The largest absolute Gasteiger partial charge is 0.349 e. The molecule has 3 N–H and O–H groups in total. The molecule has 1 saturated carbocycles. The van der Waals surface area contributed by atoms with Gasteiger partial charge in [-0.1, -0.05) is 19.3 Å². The van der Waals surface area contributed by atoms with Crippen molar-refractivity contribution in [2.24, 2.45) is 5.73 Å². The van der Waals surface area contributed by atoms with E-state index in [1.54, 1.807) is 0 Å². The van der Waals surface area contributed by atoms with Crippen molar-refractivity contribution in [1.29, 1.82) is 5.26 Å². The van der Waals surface area contributed by atoms with Gasteiger partial charge in [0.25, 0.3) is 5.91 Å². The Morgan fingerprint density at radius 2 is 2.10 bits per heavy atom. The van der Waals surface area contributed by atoms with Crippen molar-refractivity contribution in [2.45, 2.75) is 44.6 Å². The van der Waals surface area contributed by atoms with Crippen LogP contribution in [0, 0.1) is 11.3 Å². The molecule has 20 heavy (non-hydrogen) atoms. The quantitative estimate of drug-likeness (QED) is 0.406. The third kappa shape index (κ3) is 5.41. The van der Waals surface area contributed by atoms with Gasteiger partial charge in [-0.15, -0.1) is 0 Å². The summed E-state index contributed by atoms with van der Waals surface area (Å²) >= 11 is 0. The Morgan fingerprint density at radius 3 is 2.65 bits per heavy atom. The Bertz CT molecular complexity index is 394. The molecule has 0 saturated heterocycles. The van der Waals surface area contributed by atoms with Gasteiger partial charge in [-0.05, 0) is 25.8 Å². The molecule has 6 nitrogen and oxygen atoms in total. The molecule has 0 unspecified atom stereocenters. The summed E-state index contributed by atoms with van der Waals surface area (Å²) < 4.78 is 0. The van der Waals surface area contributed by atoms with Crippen LogP contribution >= 0.6 is 0 Å². The van der Waals surface area contributed by atoms with Crippen molar-refractivity contribution in [1.82, 2.24) is 10.2 Å². The molecular weight excluding hydrogens is 256 g/mol. The standard InChI is InChI=1S/C14H22N4O2/c15-7-4-8-18(11-19)10-12(9-16)14(20)17-13-5-2-1-3-6-13/h10-11,13H,1-8,15H2,(H,17,20)/b12-10-. The van der Waals surface area contributed by atoms with E-state index in [-0.39, 0.29) is 11.6 Å². The zero-order valence-electron chi connectivity index (χ0n) is 11.7. The zero-order valence-corrected chi connectivity index (χ0v) is 11.7. The van der Waals surface area contributed by atoms with E-state index < -0.39 is 5.91 Å². The lowest BCUT2D eigenvalue weighted by molar-refractivity contribution is -0.118. The van der Waals surface area contributed by atoms with Gasteiger partial charge in [-0.3, -0.25) is 9.59 Å². The van der Waals surface area contributed by atoms with E-state index in [1.807, 2.05) is 6.07 Å². The minimum absolute atomic E-state index is 0.0419. The van der Waals surface area contributed by atoms with Gasteiger partial charge in [-0.2, -0.15) is 5.26 Å². The first-order valence-electron chi connectivity index (χ1n) is 7.05. The Labute approximate surface area is 119 Å². The second-order valence-electron chi connectivity index (χ2n) is 4.95. The fourth-order valence-electron chi connectivity index (χ4n) is 2.24. The Morgan fingerprint density at radius 1 is 1.40 bits per heavy atom. The maximum atomic E-state index is 12.0. The average Bonchev–Trinajstić information content (AvgIpc) is 2.48. The minimum Gasteiger partial charge on any atom is -0.349 e. The molecule has 0 aliphatic heterocycles. The fourth-order valence-corrected chi connectivity index (χ4v) is 2.24. The number of carbonyl (C=O) groups excluding carboxylic acids is 2. The molecular formula is C14H22N4O2. The smallest absolute Gasteiger partial charge is 0.263 e. The summed E-state index contributed by atoms with van der Waals surface area (Å²) in [5.41, 5.74) is 5.33. The van der Waals surface area contributed by atoms with Gasteiger partial charge in [0.15, 0.2) is 0 Å². The van der Waals surface area contributed by atoms with Crippen LogP contribution in [-0.4, -0.2) is 36.3 Å². The van der Waals surface area contributed by atoms with Crippen molar-refractivity contribution in [3.05, 3.63) is 11.8 Å². The maximum absolute atomic E-state index is 12.0. The molecule has 1 fully saturated rings. The maximum Gasteiger partial charge on any atom is 0.263 e. The number of nitrogens with two attached hydrogens (primary N) is 1. The Hall–Kier alpha value is -1.87. The van der Waals surface area contributed by atoms with Crippen LogP contribution in [0.5, 0.6) is 0 Å². The summed E-state index contributed by atoms with van der Waals surface area (Å²) in [6.07, 6.45) is 7.83. The number of nitrogens with zero attached hydrogens (tertiary/aromatic N) is 2. The van der Waals surface area contributed by atoms with Crippen molar-refractivity contribution >= 4 is 12.3 Å². The predicted octanol–water partition coefficient (Wildman–Crippen LogP) is 0.650. The van der Waals surface area contributed by atoms with Crippen LogP contribution in [0.2, 0.25) is 0 Å². The molecule has 0 aromatic heterocycles. The molecule has 0 bridgehead atoms. The number of nitrogens with one attached hydrogen (secondary N) is 1. The van der Waals surface area contributed by atoms with Gasteiger partial charge >= 0.3 is 0 Å². The number of carbonyl (C=O) groups is 2.